The van der Waals surface area contributed by atoms with Crippen molar-refractivity contribution in [2.75, 3.05) is 31.8 Å². The van der Waals surface area contributed by atoms with Gasteiger partial charge in [0.05, 0.1) is 19.9 Å². The van der Waals surface area contributed by atoms with Gasteiger partial charge in [0, 0.05) is 31.0 Å². The van der Waals surface area contributed by atoms with Gasteiger partial charge in [-0.3, -0.25) is 0 Å². The molecule has 0 aromatic carbocycles. The van der Waals surface area contributed by atoms with Crippen molar-refractivity contribution in [3.8, 4) is 5.88 Å². The molecule has 2 heterocycles. The number of nitrogens with zero attached hydrogens (tertiary/aromatic N) is 2. The number of hydrogen-bond acceptors (Lipinski definition) is 5. The highest BCUT2D eigenvalue weighted by atomic mass is 16.5. The van der Waals surface area contributed by atoms with E-state index in [2.05, 4.69) is 16.8 Å². The number of rotatable bonds is 4. The van der Waals surface area contributed by atoms with E-state index in [4.69, 9.17) is 15.2 Å². The summed E-state index contributed by atoms with van der Waals surface area (Å²) in [6.45, 7) is 4.36. The van der Waals surface area contributed by atoms with Gasteiger partial charge in [0.25, 0.3) is 0 Å². The Kier molecular flexibility index (Phi) is 4.38. The van der Waals surface area contributed by atoms with Crippen LogP contribution in [-0.4, -0.2) is 38.0 Å². The molecule has 100 valence electrons. The predicted octanol–water partition coefficient (Wildman–Crippen LogP) is 1.30. The molecule has 0 amide bonds. The molecule has 18 heavy (non-hydrogen) atoms. The molecule has 0 unspecified atom stereocenters. The van der Waals surface area contributed by atoms with E-state index in [0.29, 0.717) is 18.7 Å². The van der Waals surface area contributed by atoms with E-state index in [0.717, 1.165) is 25.9 Å². The Morgan fingerprint density at radius 3 is 2.78 bits per heavy atom. The molecule has 2 N–H and O–H groups in total. The fourth-order valence-corrected chi connectivity index (χ4v) is 2.35. The second kappa shape index (κ2) is 6.02. The third-order valence-corrected chi connectivity index (χ3v) is 3.37. The van der Waals surface area contributed by atoms with Crippen LogP contribution in [0.3, 0.4) is 0 Å². The molecule has 1 aliphatic rings. The largest absolute Gasteiger partial charge is 0.481 e. The molecular formula is C13H21N3O2. The van der Waals surface area contributed by atoms with Crippen LogP contribution in [0.1, 0.15) is 18.4 Å². The first kappa shape index (κ1) is 13.1. The average Bonchev–Trinajstić information content (AvgIpc) is 2.41. The molecule has 0 saturated carbocycles. The molecule has 1 aromatic rings. The van der Waals surface area contributed by atoms with E-state index in [1.54, 1.807) is 7.11 Å². The molecule has 0 atom stereocenters. The van der Waals surface area contributed by atoms with Crippen LogP contribution in [-0.2, 0) is 4.74 Å². The van der Waals surface area contributed by atoms with Crippen molar-refractivity contribution in [2.45, 2.75) is 25.9 Å². The maximum atomic E-state index is 5.46. The van der Waals surface area contributed by atoms with Gasteiger partial charge in [0.1, 0.15) is 0 Å². The lowest BCUT2D eigenvalue weighted by molar-refractivity contribution is 0.0413. The van der Waals surface area contributed by atoms with Crippen LogP contribution >= 0.6 is 0 Å². The highest BCUT2D eigenvalue weighted by Gasteiger charge is 2.21. The third-order valence-electron chi connectivity index (χ3n) is 3.37. The van der Waals surface area contributed by atoms with Crippen molar-refractivity contribution in [3.05, 3.63) is 17.8 Å². The Hall–Kier alpha value is -1.33. The van der Waals surface area contributed by atoms with Crippen molar-refractivity contribution < 1.29 is 9.47 Å². The number of piperidine rings is 1. The maximum absolute atomic E-state index is 5.46. The highest BCUT2D eigenvalue weighted by molar-refractivity contribution is 5.54. The van der Waals surface area contributed by atoms with Crippen LogP contribution in [0.25, 0.3) is 0 Å². The zero-order valence-electron chi connectivity index (χ0n) is 11.1. The van der Waals surface area contributed by atoms with Crippen LogP contribution in [0.5, 0.6) is 5.88 Å². The Morgan fingerprint density at radius 1 is 1.44 bits per heavy atom. The van der Waals surface area contributed by atoms with Crippen molar-refractivity contribution >= 4 is 5.69 Å². The van der Waals surface area contributed by atoms with Gasteiger partial charge in [-0.2, -0.15) is 0 Å². The second-order valence-electron chi connectivity index (χ2n) is 4.53. The Bertz CT molecular complexity index is 390. The standard InChI is InChI=1S/C13H21N3O2/c1-10-8-15-13(17-2)7-12(10)16-5-3-11(4-6-16)18-9-14/h7-8,11H,3-6,9,14H2,1-2H3. The molecule has 1 saturated heterocycles. The summed E-state index contributed by atoms with van der Waals surface area (Å²) in [5, 5.41) is 0. The molecule has 1 aromatic heterocycles. The monoisotopic (exact) mass is 251 g/mol. The van der Waals surface area contributed by atoms with Gasteiger partial charge in [-0.15, -0.1) is 0 Å². The summed E-state index contributed by atoms with van der Waals surface area (Å²) in [5.41, 5.74) is 7.78. The molecule has 1 fully saturated rings. The summed E-state index contributed by atoms with van der Waals surface area (Å²) >= 11 is 0. The van der Waals surface area contributed by atoms with E-state index in [-0.39, 0.29) is 0 Å². The molecule has 5 heteroatoms. The number of methoxy groups -OCH3 is 1. The number of aromatic nitrogens is 1. The van der Waals surface area contributed by atoms with Crippen LogP contribution in [0, 0.1) is 6.92 Å². The Morgan fingerprint density at radius 2 is 2.17 bits per heavy atom. The number of pyridine rings is 1. The summed E-state index contributed by atoms with van der Waals surface area (Å²) < 4.78 is 10.6. The number of anilines is 1. The van der Waals surface area contributed by atoms with E-state index in [1.165, 1.54) is 11.3 Å². The van der Waals surface area contributed by atoms with Crippen molar-refractivity contribution in [1.29, 1.82) is 0 Å². The van der Waals surface area contributed by atoms with Crippen LogP contribution in [0.2, 0.25) is 0 Å². The molecule has 0 bridgehead atoms. The first-order valence-electron chi connectivity index (χ1n) is 6.32. The van der Waals surface area contributed by atoms with Crippen LogP contribution in [0.4, 0.5) is 5.69 Å². The summed E-state index contributed by atoms with van der Waals surface area (Å²) in [4.78, 5) is 6.56. The fourth-order valence-electron chi connectivity index (χ4n) is 2.35. The van der Waals surface area contributed by atoms with E-state index in [9.17, 15) is 0 Å². The van der Waals surface area contributed by atoms with Gasteiger partial charge in [0.2, 0.25) is 5.88 Å². The lowest BCUT2D eigenvalue weighted by Crippen LogP contribution is -2.38. The minimum absolute atomic E-state index is 0.301. The Labute approximate surface area is 108 Å². The number of aryl methyl sites for hydroxylation is 1. The molecule has 0 aliphatic carbocycles. The van der Waals surface area contributed by atoms with Gasteiger partial charge in [-0.1, -0.05) is 0 Å². The normalized spacial score (nSPS) is 16.9. The zero-order chi connectivity index (χ0) is 13.0. The lowest BCUT2D eigenvalue weighted by atomic mass is 10.1. The lowest BCUT2D eigenvalue weighted by Gasteiger charge is -2.34. The minimum atomic E-state index is 0.301. The van der Waals surface area contributed by atoms with E-state index < -0.39 is 0 Å². The van der Waals surface area contributed by atoms with Gasteiger partial charge in [0.15, 0.2) is 0 Å². The number of nitrogens with two attached hydrogens (primary N) is 1. The zero-order valence-corrected chi connectivity index (χ0v) is 11.1. The van der Waals surface area contributed by atoms with Crippen molar-refractivity contribution in [3.63, 3.8) is 0 Å². The second-order valence-corrected chi connectivity index (χ2v) is 4.53. The third kappa shape index (κ3) is 2.91. The van der Waals surface area contributed by atoms with Gasteiger partial charge in [-0.25, -0.2) is 4.98 Å². The quantitative estimate of drug-likeness (QED) is 0.817. The SMILES string of the molecule is COc1cc(N2CCC(OCN)CC2)c(C)cn1. The van der Waals surface area contributed by atoms with Crippen LogP contribution in [0.15, 0.2) is 12.3 Å². The maximum Gasteiger partial charge on any atom is 0.215 e. The van der Waals surface area contributed by atoms with Crippen molar-refractivity contribution in [2.24, 2.45) is 5.73 Å². The first-order chi connectivity index (χ1) is 8.74. The fraction of sp³-hybridized carbons (Fsp3) is 0.615. The summed E-state index contributed by atoms with van der Waals surface area (Å²) in [5.74, 6) is 0.663. The predicted molar refractivity (Wildman–Crippen MR) is 70.9 cm³/mol. The molecule has 5 nitrogen and oxygen atoms in total. The van der Waals surface area contributed by atoms with Gasteiger partial charge >= 0.3 is 0 Å². The van der Waals surface area contributed by atoms with Crippen molar-refractivity contribution in [1.82, 2.24) is 4.98 Å². The van der Waals surface area contributed by atoms with E-state index in [1.807, 2.05) is 12.3 Å². The van der Waals surface area contributed by atoms with Gasteiger partial charge < -0.3 is 20.1 Å². The minimum Gasteiger partial charge on any atom is -0.481 e. The first-order valence-corrected chi connectivity index (χ1v) is 6.32. The molecule has 0 spiro atoms. The number of hydrogen-bond donors (Lipinski definition) is 1. The summed E-state index contributed by atoms with van der Waals surface area (Å²) in [7, 11) is 1.64. The molecule has 0 radical (unpaired) electrons. The molecule has 2 rings (SSSR count). The average molecular weight is 251 g/mol. The summed E-state index contributed by atoms with van der Waals surface area (Å²) in [6, 6.07) is 2.00. The molecule has 1 aliphatic heterocycles. The van der Waals surface area contributed by atoms with Crippen LogP contribution < -0.4 is 15.4 Å². The smallest absolute Gasteiger partial charge is 0.215 e. The Balaban J connectivity index is 2.04. The molecular weight excluding hydrogens is 230 g/mol. The highest BCUT2D eigenvalue weighted by Crippen LogP contribution is 2.26. The topological polar surface area (TPSA) is 60.6 Å². The summed E-state index contributed by atoms with van der Waals surface area (Å²) in [6.07, 6.45) is 4.19. The van der Waals surface area contributed by atoms with E-state index >= 15 is 0 Å². The number of ether oxygens (including phenoxy) is 2. The van der Waals surface area contributed by atoms with Gasteiger partial charge in [-0.05, 0) is 25.3 Å².